The van der Waals surface area contributed by atoms with Crippen LogP contribution in [0.5, 0.6) is 5.75 Å². The number of benzene rings is 1. The Bertz CT molecular complexity index is 348. The van der Waals surface area contributed by atoms with Gasteiger partial charge >= 0.3 is 0 Å². The molecule has 1 aromatic carbocycles. The van der Waals surface area contributed by atoms with Gasteiger partial charge in [0.05, 0.1) is 7.11 Å². The van der Waals surface area contributed by atoms with E-state index in [0.29, 0.717) is 0 Å². The third-order valence-corrected chi connectivity index (χ3v) is 3.02. The molecule has 0 saturated carbocycles. The van der Waals surface area contributed by atoms with E-state index >= 15 is 0 Å². The zero-order valence-corrected chi connectivity index (χ0v) is 10.2. The van der Waals surface area contributed by atoms with Crippen molar-refractivity contribution < 1.29 is 9.84 Å². The average molecular weight is 229 g/mol. The second-order valence-electron chi connectivity index (χ2n) is 3.63. The Hall–Kier alpha value is -0.730. The second kappa shape index (κ2) is 5.38. The lowest BCUT2D eigenvalue weighted by atomic mass is 10.0. The molecule has 0 atom stereocenters. The van der Waals surface area contributed by atoms with Crippen LogP contribution in [0, 0.1) is 13.8 Å². The molecule has 1 rings (SSSR count). The van der Waals surface area contributed by atoms with Gasteiger partial charge in [0, 0.05) is 17.2 Å². The molecule has 84 valence electrons. The molecule has 1 N–H and O–H groups in total. The Morgan fingerprint density at radius 1 is 1.33 bits per heavy atom. The molecular weight excluding hydrogens is 212 g/mol. The Morgan fingerprint density at radius 3 is 2.53 bits per heavy atom. The standard InChI is InChI=1S/C12H17ClO2/c1-8-10(5-4-6-14)7-11(13)9(2)12(8)15-3/h7,14H,4-6H2,1-3H3. The lowest BCUT2D eigenvalue weighted by Gasteiger charge is -2.14. The highest BCUT2D eigenvalue weighted by molar-refractivity contribution is 6.31. The van der Waals surface area contributed by atoms with E-state index in [0.717, 1.165) is 40.3 Å². The van der Waals surface area contributed by atoms with Crippen molar-refractivity contribution in [2.75, 3.05) is 13.7 Å². The van der Waals surface area contributed by atoms with Gasteiger partial charge in [0.25, 0.3) is 0 Å². The molecule has 3 heteroatoms. The molecule has 0 aromatic heterocycles. The first-order valence-corrected chi connectivity index (χ1v) is 5.43. The van der Waals surface area contributed by atoms with Crippen LogP contribution in [-0.4, -0.2) is 18.8 Å². The predicted octanol–water partition coefficient (Wildman–Crippen LogP) is 2.89. The Morgan fingerprint density at radius 2 is 2.00 bits per heavy atom. The maximum atomic E-state index is 8.80. The van der Waals surface area contributed by atoms with E-state index in [9.17, 15) is 0 Å². The number of hydrogen-bond acceptors (Lipinski definition) is 2. The van der Waals surface area contributed by atoms with Gasteiger partial charge in [-0.2, -0.15) is 0 Å². The van der Waals surface area contributed by atoms with Gasteiger partial charge in [-0.25, -0.2) is 0 Å². The van der Waals surface area contributed by atoms with Crippen LogP contribution in [0.25, 0.3) is 0 Å². The molecule has 0 bridgehead atoms. The number of halogens is 1. The number of aliphatic hydroxyl groups is 1. The number of hydrogen-bond donors (Lipinski definition) is 1. The van der Waals surface area contributed by atoms with Crippen LogP contribution < -0.4 is 4.74 Å². The van der Waals surface area contributed by atoms with Gasteiger partial charge in [0.2, 0.25) is 0 Å². The summed E-state index contributed by atoms with van der Waals surface area (Å²) in [5.74, 6) is 0.857. The zero-order valence-electron chi connectivity index (χ0n) is 9.43. The van der Waals surface area contributed by atoms with Crippen LogP contribution in [0.15, 0.2) is 6.07 Å². The minimum atomic E-state index is 0.202. The quantitative estimate of drug-likeness (QED) is 0.859. The number of aryl methyl sites for hydroxylation is 1. The minimum absolute atomic E-state index is 0.202. The molecule has 0 aliphatic heterocycles. The smallest absolute Gasteiger partial charge is 0.126 e. The topological polar surface area (TPSA) is 29.5 Å². The van der Waals surface area contributed by atoms with Gasteiger partial charge in [-0.15, -0.1) is 0 Å². The summed E-state index contributed by atoms with van der Waals surface area (Å²) in [5.41, 5.74) is 3.24. The maximum absolute atomic E-state index is 8.80. The molecule has 0 amide bonds. The summed E-state index contributed by atoms with van der Waals surface area (Å²) < 4.78 is 5.33. The highest BCUT2D eigenvalue weighted by Gasteiger charge is 2.11. The molecule has 15 heavy (non-hydrogen) atoms. The summed E-state index contributed by atoms with van der Waals surface area (Å²) in [6.45, 7) is 4.17. The fourth-order valence-electron chi connectivity index (χ4n) is 1.74. The van der Waals surface area contributed by atoms with Crippen molar-refractivity contribution in [3.8, 4) is 5.75 Å². The first-order chi connectivity index (χ1) is 7.11. The molecule has 0 heterocycles. The number of aliphatic hydroxyl groups excluding tert-OH is 1. The van der Waals surface area contributed by atoms with Gasteiger partial charge in [-0.1, -0.05) is 11.6 Å². The van der Waals surface area contributed by atoms with E-state index in [2.05, 4.69) is 0 Å². The monoisotopic (exact) mass is 228 g/mol. The van der Waals surface area contributed by atoms with Crippen molar-refractivity contribution >= 4 is 11.6 Å². The van der Waals surface area contributed by atoms with Gasteiger partial charge in [-0.05, 0) is 43.9 Å². The molecule has 0 aliphatic carbocycles. The summed E-state index contributed by atoms with van der Waals surface area (Å²) >= 11 is 6.11. The fraction of sp³-hybridized carbons (Fsp3) is 0.500. The van der Waals surface area contributed by atoms with Crippen LogP contribution in [0.3, 0.4) is 0 Å². The normalized spacial score (nSPS) is 10.5. The van der Waals surface area contributed by atoms with Gasteiger partial charge in [-0.3, -0.25) is 0 Å². The van der Waals surface area contributed by atoms with Crippen LogP contribution in [-0.2, 0) is 6.42 Å². The highest BCUT2D eigenvalue weighted by atomic mass is 35.5. The first-order valence-electron chi connectivity index (χ1n) is 5.05. The molecule has 0 saturated heterocycles. The minimum Gasteiger partial charge on any atom is -0.496 e. The first kappa shape index (κ1) is 12.3. The summed E-state index contributed by atoms with van der Waals surface area (Å²) in [6, 6.07) is 1.96. The van der Waals surface area contributed by atoms with Crippen LogP contribution >= 0.6 is 11.6 Å². The van der Waals surface area contributed by atoms with Crippen molar-refractivity contribution in [2.45, 2.75) is 26.7 Å². The number of rotatable bonds is 4. The Kier molecular flexibility index (Phi) is 4.43. The summed E-state index contributed by atoms with van der Waals surface area (Å²) in [5, 5.41) is 9.53. The number of methoxy groups -OCH3 is 1. The van der Waals surface area contributed by atoms with Gasteiger partial charge in [0.15, 0.2) is 0 Å². The van der Waals surface area contributed by atoms with Gasteiger partial charge < -0.3 is 9.84 Å². The molecule has 0 unspecified atom stereocenters. The maximum Gasteiger partial charge on any atom is 0.126 e. The molecule has 0 aliphatic rings. The van der Waals surface area contributed by atoms with E-state index in [1.54, 1.807) is 7.11 Å². The van der Waals surface area contributed by atoms with Crippen LogP contribution in [0.1, 0.15) is 23.1 Å². The third-order valence-electron chi connectivity index (χ3n) is 2.63. The van der Waals surface area contributed by atoms with E-state index in [4.69, 9.17) is 21.4 Å². The lowest BCUT2D eigenvalue weighted by Crippen LogP contribution is -1.99. The van der Waals surface area contributed by atoms with Crippen molar-refractivity contribution in [3.05, 3.63) is 27.8 Å². The zero-order chi connectivity index (χ0) is 11.4. The van der Waals surface area contributed by atoms with E-state index in [1.807, 2.05) is 19.9 Å². The summed E-state index contributed by atoms with van der Waals surface area (Å²) in [7, 11) is 1.65. The van der Waals surface area contributed by atoms with E-state index in [-0.39, 0.29) is 6.61 Å². The third kappa shape index (κ3) is 2.64. The Balaban J connectivity index is 3.12. The largest absolute Gasteiger partial charge is 0.496 e. The van der Waals surface area contributed by atoms with Crippen molar-refractivity contribution in [3.63, 3.8) is 0 Å². The summed E-state index contributed by atoms with van der Waals surface area (Å²) in [4.78, 5) is 0. The number of ether oxygens (including phenoxy) is 1. The van der Waals surface area contributed by atoms with Crippen molar-refractivity contribution in [2.24, 2.45) is 0 Å². The lowest BCUT2D eigenvalue weighted by molar-refractivity contribution is 0.288. The Labute approximate surface area is 95.8 Å². The molecule has 2 nitrogen and oxygen atoms in total. The predicted molar refractivity (Wildman–Crippen MR) is 62.9 cm³/mol. The van der Waals surface area contributed by atoms with E-state index in [1.165, 1.54) is 0 Å². The summed E-state index contributed by atoms with van der Waals surface area (Å²) in [6.07, 6.45) is 1.59. The second-order valence-corrected chi connectivity index (χ2v) is 4.04. The molecule has 0 fully saturated rings. The van der Waals surface area contributed by atoms with Crippen LogP contribution in [0.4, 0.5) is 0 Å². The highest BCUT2D eigenvalue weighted by Crippen LogP contribution is 2.32. The molecule has 0 radical (unpaired) electrons. The SMILES string of the molecule is COc1c(C)c(Cl)cc(CCCO)c1C. The van der Waals surface area contributed by atoms with E-state index < -0.39 is 0 Å². The molecular formula is C12H17ClO2. The molecule has 1 aromatic rings. The fourth-order valence-corrected chi connectivity index (χ4v) is 1.96. The molecule has 0 spiro atoms. The van der Waals surface area contributed by atoms with Crippen LogP contribution in [0.2, 0.25) is 5.02 Å². The van der Waals surface area contributed by atoms with Crippen molar-refractivity contribution in [1.82, 2.24) is 0 Å². The van der Waals surface area contributed by atoms with Crippen molar-refractivity contribution in [1.29, 1.82) is 0 Å². The average Bonchev–Trinajstić information content (AvgIpc) is 2.22. The van der Waals surface area contributed by atoms with Gasteiger partial charge in [0.1, 0.15) is 5.75 Å².